The zero-order chi connectivity index (χ0) is 19.2. The molecule has 0 aliphatic carbocycles. The van der Waals surface area contributed by atoms with E-state index in [1.807, 2.05) is 103 Å². The van der Waals surface area contributed by atoms with Crippen molar-refractivity contribution in [3.63, 3.8) is 0 Å². The summed E-state index contributed by atoms with van der Waals surface area (Å²) in [5.41, 5.74) is 1.98. The number of halogens is 1. The smallest absolute Gasteiger partial charge is 0.127 e. The van der Waals surface area contributed by atoms with Crippen molar-refractivity contribution < 1.29 is 9.47 Å². The van der Waals surface area contributed by atoms with Crippen LogP contribution in [0.4, 0.5) is 11.4 Å². The summed E-state index contributed by atoms with van der Waals surface area (Å²) in [5.74, 6) is 3.26. The van der Waals surface area contributed by atoms with Crippen LogP contribution in [0.5, 0.6) is 23.0 Å². The van der Waals surface area contributed by atoms with Crippen LogP contribution in [0.3, 0.4) is 0 Å². The molecular weight excluding hydrogens is 461 g/mol. The topological polar surface area (TPSA) is 30.5 Å². The molecule has 0 atom stereocenters. The normalized spacial score (nSPS) is 10.3. The summed E-state index contributed by atoms with van der Waals surface area (Å²) in [5, 5.41) is 3.38. The molecule has 0 saturated heterocycles. The third kappa shape index (κ3) is 5.04. The van der Waals surface area contributed by atoms with Crippen LogP contribution in [0.2, 0.25) is 0 Å². The molecule has 0 aromatic heterocycles. The van der Waals surface area contributed by atoms with Gasteiger partial charge >= 0.3 is 0 Å². The van der Waals surface area contributed by atoms with E-state index in [4.69, 9.17) is 9.47 Å². The van der Waals surface area contributed by atoms with Gasteiger partial charge in [-0.25, -0.2) is 0 Å². The fourth-order valence-electron chi connectivity index (χ4n) is 2.64. The van der Waals surface area contributed by atoms with E-state index in [0.717, 1.165) is 34.4 Å². The van der Waals surface area contributed by atoms with Crippen LogP contribution in [0.1, 0.15) is 0 Å². The zero-order valence-corrected chi connectivity index (χ0v) is 17.2. The number of ether oxygens (including phenoxy) is 2. The van der Waals surface area contributed by atoms with Crippen LogP contribution in [-0.2, 0) is 0 Å². The lowest BCUT2D eigenvalue weighted by atomic mass is 10.2. The van der Waals surface area contributed by atoms with Gasteiger partial charge in [-0.1, -0.05) is 18.2 Å². The molecule has 0 amide bonds. The van der Waals surface area contributed by atoms with E-state index >= 15 is 0 Å². The van der Waals surface area contributed by atoms with Crippen molar-refractivity contribution in [1.29, 1.82) is 0 Å². The SMILES string of the molecule is Ic1ccc(Oc2ccc(Nc3ccc(Oc4ccccc4)cc3)cc2)cc1. The van der Waals surface area contributed by atoms with Crippen LogP contribution in [-0.4, -0.2) is 0 Å². The van der Waals surface area contributed by atoms with Gasteiger partial charge in [0.15, 0.2) is 0 Å². The summed E-state index contributed by atoms with van der Waals surface area (Å²) in [7, 11) is 0. The first-order chi connectivity index (χ1) is 13.7. The number of anilines is 2. The molecule has 0 aliphatic heterocycles. The predicted octanol–water partition coefficient (Wildman–Crippen LogP) is 7.62. The Hall–Kier alpha value is -2.99. The Morgan fingerprint density at radius 1 is 0.464 bits per heavy atom. The minimum Gasteiger partial charge on any atom is -0.457 e. The highest BCUT2D eigenvalue weighted by Gasteiger charge is 2.01. The van der Waals surface area contributed by atoms with E-state index in [1.54, 1.807) is 0 Å². The Labute approximate surface area is 178 Å². The Kier molecular flexibility index (Phi) is 5.77. The number of hydrogen-bond acceptors (Lipinski definition) is 3. The van der Waals surface area contributed by atoms with Crippen LogP contribution < -0.4 is 14.8 Å². The average molecular weight is 479 g/mol. The minimum absolute atomic E-state index is 0.804. The Morgan fingerprint density at radius 3 is 1.32 bits per heavy atom. The summed E-state index contributed by atoms with van der Waals surface area (Å²) in [4.78, 5) is 0. The maximum Gasteiger partial charge on any atom is 0.127 e. The van der Waals surface area contributed by atoms with Crippen molar-refractivity contribution in [2.45, 2.75) is 0 Å². The number of para-hydroxylation sites is 1. The van der Waals surface area contributed by atoms with Crippen molar-refractivity contribution in [1.82, 2.24) is 0 Å². The molecule has 0 bridgehead atoms. The van der Waals surface area contributed by atoms with E-state index in [-0.39, 0.29) is 0 Å². The molecule has 0 radical (unpaired) electrons. The second-order valence-electron chi connectivity index (χ2n) is 6.14. The molecule has 4 rings (SSSR count). The number of nitrogens with one attached hydrogen (secondary N) is 1. The molecule has 0 fully saturated rings. The lowest BCUT2D eigenvalue weighted by Crippen LogP contribution is -1.91. The summed E-state index contributed by atoms with van der Waals surface area (Å²) in [6, 6.07) is 33.5. The van der Waals surface area contributed by atoms with E-state index in [9.17, 15) is 0 Å². The Bertz CT molecular complexity index is 1010. The fourth-order valence-corrected chi connectivity index (χ4v) is 3.00. The lowest BCUT2D eigenvalue weighted by molar-refractivity contribution is 0.482. The lowest BCUT2D eigenvalue weighted by Gasteiger charge is -2.10. The van der Waals surface area contributed by atoms with E-state index in [2.05, 4.69) is 27.9 Å². The van der Waals surface area contributed by atoms with Gasteiger partial charge in [-0.3, -0.25) is 0 Å². The van der Waals surface area contributed by atoms with Gasteiger partial charge in [0.25, 0.3) is 0 Å². The third-order valence-electron chi connectivity index (χ3n) is 4.03. The minimum atomic E-state index is 0.804. The van der Waals surface area contributed by atoms with Crippen LogP contribution in [0.15, 0.2) is 103 Å². The molecule has 1 N–H and O–H groups in total. The molecule has 4 aromatic carbocycles. The Balaban J connectivity index is 1.36. The quantitative estimate of drug-likeness (QED) is 0.289. The highest BCUT2D eigenvalue weighted by Crippen LogP contribution is 2.27. The number of rotatable bonds is 6. The van der Waals surface area contributed by atoms with Gasteiger partial charge in [-0.2, -0.15) is 0 Å². The Morgan fingerprint density at radius 2 is 0.857 bits per heavy atom. The van der Waals surface area contributed by atoms with Crippen LogP contribution in [0, 0.1) is 3.57 Å². The molecule has 28 heavy (non-hydrogen) atoms. The monoisotopic (exact) mass is 479 g/mol. The van der Waals surface area contributed by atoms with Gasteiger partial charge in [-0.05, 0) is 108 Å². The molecule has 0 heterocycles. The summed E-state index contributed by atoms with van der Waals surface area (Å²) >= 11 is 2.28. The third-order valence-corrected chi connectivity index (χ3v) is 4.74. The van der Waals surface area contributed by atoms with Gasteiger partial charge in [0, 0.05) is 14.9 Å². The maximum atomic E-state index is 5.86. The van der Waals surface area contributed by atoms with E-state index in [1.165, 1.54) is 3.57 Å². The van der Waals surface area contributed by atoms with Crippen molar-refractivity contribution in [3.05, 3.63) is 107 Å². The summed E-state index contributed by atoms with van der Waals surface area (Å²) in [6.45, 7) is 0. The van der Waals surface area contributed by atoms with Crippen molar-refractivity contribution in [2.75, 3.05) is 5.32 Å². The molecule has 3 nitrogen and oxygen atoms in total. The van der Waals surface area contributed by atoms with Crippen LogP contribution >= 0.6 is 22.6 Å². The second-order valence-corrected chi connectivity index (χ2v) is 7.39. The summed E-state index contributed by atoms with van der Waals surface area (Å²) < 4.78 is 12.9. The maximum absolute atomic E-state index is 5.86. The van der Waals surface area contributed by atoms with Gasteiger partial charge < -0.3 is 14.8 Å². The van der Waals surface area contributed by atoms with Crippen molar-refractivity contribution >= 4 is 34.0 Å². The first kappa shape index (κ1) is 18.4. The highest BCUT2D eigenvalue weighted by atomic mass is 127. The second kappa shape index (κ2) is 8.80. The standard InChI is InChI=1S/C24H18INO2/c25-18-6-12-22(13-7-18)28-24-16-10-20(11-17-24)26-19-8-14-23(15-9-19)27-21-4-2-1-3-5-21/h1-17,26H. The molecule has 4 aromatic rings. The van der Waals surface area contributed by atoms with Gasteiger partial charge in [-0.15, -0.1) is 0 Å². The molecule has 0 spiro atoms. The average Bonchev–Trinajstić information content (AvgIpc) is 2.73. The van der Waals surface area contributed by atoms with Gasteiger partial charge in [0.05, 0.1) is 0 Å². The van der Waals surface area contributed by atoms with E-state index in [0.29, 0.717) is 0 Å². The van der Waals surface area contributed by atoms with Crippen molar-refractivity contribution in [2.24, 2.45) is 0 Å². The van der Waals surface area contributed by atoms with Crippen LogP contribution in [0.25, 0.3) is 0 Å². The van der Waals surface area contributed by atoms with Gasteiger partial charge in [0.2, 0.25) is 0 Å². The van der Waals surface area contributed by atoms with Gasteiger partial charge in [0.1, 0.15) is 23.0 Å². The molecule has 4 heteroatoms. The molecule has 138 valence electrons. The first-order valence-corrected chi connectivity index (χ1v) is 9.96. The molecular formula is C24H18INO2. The first-order valence-electron chi connectivity index (χ1n) is 8.88. The number of hydrogen-bond donors (Lipinski definition) is 1. The highest BCUT2D eigenvalue weighted by molar-refractivity contribution is 14.1. The number of benzene rings is 4. The molecule has 0 aliphatic rings. The zero-order valence-electron chi connectivity index (χ0n) is 15.0. The van der Waals surface area contributed by atoms with E-state index < -0.39 is 0 Å². The molecule has 0 unspecified atom stereocenters. The fraction of sp³-hybridized carbons (Fsp3) is 0. The van der Waals surface area contributed by atoms with Crippen molar-refractivity contribution in [3.8, 4) is 23.0 Å². The predicted molar refractivity (Wildman–Crippen MR) is 122 cm³/mol. The summed E-state index contributed by atoms with van der Waals surface area (Å²) in [6.07, 6.45) is 0. The largest absolute Gasteiger partial charge is 0.457 e. The molecule has 0 saturated carbocycles.